The average molecular weight is 237 g/mol. The number of ether oxygens (including phenoxy) is 1. The number of para-hydroxylation sites is 1. The van der Waals surface area contributed by atoms with Crippen molar-refractivity contribution in [2.75, 3.05) is 6.61 Å². The third-order valence-corrected chi connectivity index (χ3v) is 2.41. The maximum absolute atomic E-state index is 11.6. The molecule has 16 heavy (non-hydrogen) atoms. The Labute approximate surface area is 97.2 Å². The highest BCUT2D eigenvalue weighted by atomic mass is 35.5. The van der Waals surface area contributed by atoms with Crippen molar-refractivity contribution in [3.63, 3.8) is 0 Å². The standard InChI is InChI=1S/C11H9ClN2O2/c1-2-16-11(15)8-5-3-4-7-9(8)13-6-14-10(7)12/h3-6H,2H2,1H3. The Kier molecular flexibility index (Phi) is 3.01. The Morgan fingerprint density at radius 3 is 3.00 bits per heavy atom. The van der Waals surface area contributed by atoms with Gasteiger partial charge in [0, 0.05) is 5.39 Å². The van der Waals surface area contributed by atoms with Gasteiger partial charge in [0.25, 0.3) is 0 Å². The predicted molar refractivity (Wildman–Crippen MR) is 60.5 cm³/mol. The Morgan fingerprint density at radius 1 is 1.44 bits per heavy atom. The quantitative estimate of drug-likeness (QED) is 0.594. The molecule has 1 aromatic heterocycles. The van der Waals surface area contributed by atoms with Gasteiger partial charge in [0.1, 0.15) is 11.5 Å². The number of carbonyl (C=O) groups excluding carboxylic acids is 1. The Balaban J connectivity index is 2.62. The van der Waals surface area contributed by atoms with Crippen LogP contribution in [0.25, 0.3) is 10.9 Å². The number of nitrogens with zero attached hydrogens (tertiary/aromatic N) is 2. The number of halogens is 1. The van der Waals surface area contributed by atoms with Crippen LogP contribution in [-0.4, -0.2) is 22.5 Å². The van der Waals surface area contributed by atoms with E-state index in [9.17, 15) is 4.79 Å². The molecule has 0 spiro atoms. The largest absolute Gasteiger partial charge is 0.462 e. The summed E-state index contributed by atoms with van der Waals surface area (Å²) in [7, 11) is 0. The van der Waals surface area contributed by atoms with Crippen molar-refractivity contribution in [2.24, 2.45) is 0 Å². The lowest BCUT2D eigenvalue weighted by atomic mass is 10.1. The van der Waals surface area contributed by atoms with Crippen LogP contribution in [0.1, 0.15) is 17.3 Å². The van der Waals surface area contributed by atoms with Gasteiger partial charge in [-0.15, -0.1) is 0 Å². The van der Waals surface area contributed by atoms with Gasteiger partial charge in [-0.1, -0.05) is 17.7 Å². The fourth-order valence-corrected chi connectivity index (χ4v) is 1.63. The molecule has 4 nitrogen and oxygen atoms in total. The van der Waals surface area contributed by atoms with Gasteiger partial charge in [-0.2, -0.15) is 0 Å². The minimum atomic E-state index is -0.400. The minimum absolute atomic E-state index is 0.327. The van der Waals surface area contributed by atoms with E-state index in [1.165, 1.54) is 6.33 Å². The zero-order chi connectivity index (χ0) is 11.5. The normalized spacial score (nSPS) is 10.4. The van der Waals surface area contributed by atoms with E-state index in [1.807, 2.05) is 0 Å². The maximum Gasteiger partial charge on any atom is 0.340 e. The molecule has 1 heterocycles. The van der Waals surface area contributed by atoms with Crippen LogP contribution in [0.15, 0.2) is 24.5 Å². The third kappa shape index (κ3) is 1.84. The molecule has 0 aliphatic heterocycles. The maximum atomic E-state index is 11.6. The fourth-order valence-electron chi connectivity index (χ4n) is 1.43. The molecule has 0 N–H and O–H groups in total. The zero-order valence-corrected chi connectivity index (χ0v) is 9.36. The molecule has 2 aromatic rings. The van der Waals surface area contributed by atoms with Gasteiger partial charge in [0.05, 0.1) is 17.7 Å². The number of esters is 1. The van der Waals surface area contributed by atoms with Crippen LogP contribution in [-0.2, 0) is 4.74 Å². The van der Waals surface area contributed by atoms with Crippen LogP contribution < -0.4 is 0 Å². The van der Waals surface area contributed by atoms with Crippen molar-refractivity contribution >= 4 is 28.5 Å². The summed E-state index contributed by atoms with van der Waals surface area (Å²) in [6, 6.07) is 5.15. The van der Waals surface area contributed by atoms with Gasteiger partial charge in [0.2, 0.25) is 0 Å². The van der Waals surface area contributed by atoms with E-state index < -0.39 is 5.97 Å². The van der Waals surface area contributed by atoms with Crippen LogP contribution in [0.4, 0.5) is 0 Å². The highest BCUT2D eigenvalue weighted by Crippen LogP contribution is 2.22. The van der Waals surface area contributed by atoms with E-state index in [0.29, 0.717) is 28.2 Å². The molecule has 0 saturated carbocycles. The van der Waals surface area contributed by atoms with Crippen molar-refractivity contribution in [3.05, 3.63) is 35.2 Å². The Morgan fingerprint density at radius 2 is 2.25 bits per heavy atom. The fraction of sp³-hybridized carbons (Fsp3) is 0.182. The first-order chi connectivity index (χ1) is 7.74. The summed E-state index contributed by atoms with van der Waals surface area (Å²) in [5.41, 5.74) is 0.921. The number of hydrogen-bond acceptors (Lipinski definition) is 4. The molecule has 0 bridgehead atoms. The lowest BCUT2D eigenvalue weighted by Gasteiger charge is -2.05. The van der Waals surface area contributed by atoms with Crippen molar-refractivity contribution in [1.82, 2.24) is 9.97 Å². The molecular weight excluding hydrogens is 228 g/mol. The van der Waals surface area contributed by atoms with E-state index >= 15 is 0 Å². The topological polar surface area (TPSA) is 52.1 Å². The predicted octanol–water partition coefficient (Wildman–Crippen LogP) is 2.46. The summed E-state index contributed by atoms with van der Waals surface area (Å²) in [6.45, 7) is 2.08. The number of carbonyl (C=O) groups is 1. The minimum Gasteiger partial charge on any atom is -0.462 e. The SMILES string of the molecule is CCOC(=O)c1cccc2c(Cl)ncnc12. The molecule has 1 aromatic carbocycles. The number of rotatable bonds is 2. The zero-order valence-electron chi connectivity index (χ0n) is 8.61. The molecule has 0 atom stereocenters. The second-order valence-electron chi connectivity index (χ2n) is 3.09. The van der Waals surface area contributed by atoms with Gasteiger partial charge in [-0.05, 0) is 19.1 Å². The molecule has 0 aliphatic carbocycles. The van der Waals surface area contributed by atoms with E-state index in [2.05, 4.69) is 9.97 Å². The Hall–Kier alpha value is -1.68. The summed E-state index contributed by atoms with van der Waals surface area (Å²) in [6.07, 6.45) is 1.33. The second-order valence-corrected chi connectivity index (χ2v) is 3.44. The lowest BCUT2D eigenvalue weighted by molar-refractivity contribution is 0.0528. The van der Waals surface area contributed by atoms with Crippen molar-refractivity contribution < 1.29 is 9.53 Å². The number of benzene rings is 1. The number of hydrogen-bond donors (Lipinski definition) is 0. The van der Waals surface area contributed by atoms with Crippen LogP contribution in [0, 0.1) is 0 Å². The van der Waals surface area contributed by atoms with Gasteiger partial charge in [-0.3, -0.25) is 0 Å². The van der Waals surface area contributed by atoms with Crippen LogP contribution >= 0.6 is 11.6 Å². The summed E-state index contributed by atoms with van der Waals surface area (Å²) in [5, 5.41) is 0.978. The van der Waals surface area contributed by atoms with Crippen LogP contribution in [0.5, 0.6) is 0 Å². The molecule has 0 amide bonds. The molecule has 5 heteroatoms. The van der Waals surface area contributed by atoms with E-state index in [1.54, 1.807) is 25.1 Å². The molecule has 0 aliphatic rings. The van der Waals surface area contributed by atoms with Gasteiger partial charge in [0.15, 0.2) is 0 Å². The average Bonchev–Trinajstić information content (AvgIpc) is 2.29. The van der Waals surface area contributed by atoms with Gasteiger partial charge in [-0.25, -0.2) is 14.8 Å². The summed E-state index contributed by atoms with van der Waals surface area (Å²) in [5.74, 6) is -0.400. The molecule has 2 rings (SSSR count). The first kappa shape index (κ1) is 10.8. The number of aromatic nitrogens is 2. The smallest absolute Gasteiger partial charge is 0.340 e. The molecular formula is C11H9ClN2O2. The van der Waals surface area contributed by atoms with Gasteiger partial charge >= 0.3 is 5.97 Å². The van der Waals surface area contributed by atoms with Crippen LogP contribution in [0.2, 0.25) is 5.15 Å². The van der Waals surface area contributed by atoms with Crippen LogP contribution in [0.3, 0.4) is 0 Å². The lowest BCUT2D eigenvalue weighted by Crippen LogP contribution is -2.06. The van der Waals surface area contributed by atoms with E-state index in [-0.39, 0.29) is 0 Å². The molecule has 0 fully saturated rings. The van der Waals surface area contributed by atoms with E-state index in [0.717, 1.165) is 0 Å². The van der Waals surface area contributed by atoms with Crippen molar-refractivity contribution in [1.29, 1.82) is 0 Å². The van der Waals surface area contributed by atoms with Crippen molar-refractivity contribution in [2.45, 2.75) is 6.92 Å². The molecule has 0 unspecified atom stereocenters. The highest BCUT2D eigenvalue weighted by Gasteiger charge is 2.13. The highest BCUT2D eigenvalue weighted by molar-refractivity contribution is 6.34. The summed E-state index contributed by atoms with van der Waals surface area (Å²) in [4.78, 5) is 19.5. The summed E-state index contributed by atoms with van der Waals surface area (Å²) >= 11 is 5.91. The molecule has 82 valence electrons. The Bertz CT molecular complexity index is 542. The summed E-state index contributed by atoms with van der Waals surface area (Å²) < 4.78 is 4.93. The number of fused-ring (bicyclic) bond motifs is 1. The monoisotopic (exact) mass is 236 g/mol. The molecule has 0 radical (unpaired) electrons. The first-order valence-corrected chi connectivity index (χ1v) is 5.18. The van der Waals surface area contributed by atoms with Gasteiger partial charge < -0.3 is 4.74 Å². The second kappa shape index (κ2) is 4.45. The third-order valence-electron chi connectivity index (χ3n) is 2.11. The first-order valence-electron chi connectivity index (χ1n) is 4.80. The molecule has 0 saturated heterocycles. The van der Waals surface area contributed by atoms with Crippen molar-refractivity contribution in [3.8, 4) is 0 Å². The van der Waals surface area contributed by atoms with E-state index in [4.69, 9.17) is 16.3 Å².